The van der Waals surface area contributed by atoms with E-state index in [0.717, 1.165) is 17.5 Å². The van der Waals surface area contributed by atoms with Crippen molar-refractivity contribution in [2.24, 2.45) is 0 Å². The number of aryl methyl sites for hydroxylation is 1. The zero-order valence-electron chi connectivity index (χ0n) is 10.7. The molecule has 1 unspecified atom stereocenters. The fraction of sp³-hybridized carbons (Fsp3) is 0.250. The van der Waals surface area contributed by atoms with Crippen LogP contribution in [0.2, 0.25) is 5.02 Å². The van der Waals surface area contributed by atoms with E-state index in [4.69, 9.17) is 11.6 Å². The molecule has 0 saturated heterocycles. The minimum atomic E-state index is -0.631. The molecule has 1 nitrogen and oxygen atoms in total. The van der Waals surface area contributed by atoms with Crippen molar-refractivity contribution < 1.29 is 9.50 Å². The molecule has 0 saturated carbocycles. The lowest BCUT2D eigenvalue weighted by Crippen LogP contribution is -2.02. The van der Waals surface area contributed by atoms with Gasteiger partial charge in [0.25, 0.3) is 0 Å². The van der Waals surface area contributed by atoms with Crippen LogP contribution in [-0.4, -0.2) is 5.11 Å². The Balaban J connectivity index is 2.13. The molecule has 0 fully saturated rings. The summed E-state index contributed by atoms with van der Waals surface area (Å²) in [5.41, 5.74) is 2.82. The first-order valence-electron chi connectivity index (χ1n) is 6.31. The summed E-state index contributed by atoms with van der Waals surface area (Å²) in [6.07, 6.45) is 0.721. The maximum absolute atomic E-state index is 12.9. The Morgan fingerprint density at radius 1 is 1.16 bits per heavy atom. The van der Waals surface area contributed by atoms with Gasteiger partial charge in [-0.2, -0.15) is 0 Å². The molecule has 100 valence electrons. The van der Waals surface area contributed by atoms with Gasteiger partial charge in [-0.1, -0.05) is 48.9 Å². The first-order chi connectivity index (χ1) is 9.10. The summed E-state index contributed by atoms with van der Waals surface area (Å²) >= 11 is 5.96. The highest BCUT2D eigenvalue weighted by Crippen LogP contribution is 2.24. The van der Waals surface area contributed by atoms with Gasteiger partial charge in [-0.25, -0.2) is 4.39 Å². The lowest BCUT2D eigenvalue weighted by atomic mass is 10.00. The fourth-order valence-electron chi connectivity index (χ4n) is 1.99. The molecule has 2 aromatic rings. The second-order valence-electron chi connectivity index (χ2n) is 4.55. The van der Waals surface area contributed by atoms with Crippen LogP contribution >= 0.6 is 11.6 Å². The molecule has 0 aliphatic rings. The van der Waals surface area contributed by atoms with Crippen molar-refractivity contribution in [3.63, 3.8) is 0 Å². The third-order valence-electron chi connectivity index (χ3n) is 3.20. The Kier molecular flexibility index (Phi) is 4.56. The highest BCUT2D eigenvalue weighted by atomic mass is 35.5. The highest BCUT2D eigenvalue weighted by molar-refractivity contribution is 6.31. The van der Waals surface area contributed by atoms with Crippen molar-refractivity contribution in [1.29, 1.82) is 0 Å². The maximum Gasteiger partial charge on any atom is 0.124 e. The largest absolute Gasteiger partial charge is 0.388 e. The average Bonchev–Trinajstić information content (AvgIpc) is 2.42. The van der Waals surface area contributed by atoms with Gasteiger partial charge in [-0.05, 0) is 35.2 Å². The molecule has 0 aliphatic carbocycles. The van der Waals surface area contributed by atoms with E-state index in [-0.39, 0.29) is 5.82 Å². The first-order valence-corrected chi connectivity index (χ1v) is 6.68. The molecule has 0 bridgehead atoms. The molecule has 2 aromatic carbocycles. The van der Waals surface area contributed by atoms with Crippen LogP contribution in [0, 0.1) is 5.82 Å². The molecule has 0 amide bonds. The van der Waals surface area contributed by atoms with Crippen LogP contribution in [0.15, 0.2) is 42.5 Å². The quantitative estimate of drug-likeness (QED) is 0.883. The maximum atomic E-state index is 12.9. The first kappa shape index (κ1) is 14.0. The van der Waals surface area contributed by atoms with Crippen LogP contribution in [0.3, 0.4) is 0 Å². The average molecular weight is 279 g/mol. The predicted octanol–water partition coefficient (Wildman–Crippen LogP) is 4.32. The Morgan fingerprint density at radius 3 is 2.42 bits per heavy atom. The lowest BCUT2D eigenvalue weighted by molar-refractivity contribution is 0.178. The van der Waals surface area contributed by atoms with Gasteiger partial charge in [0.05, 0.1) is 6.10 Å². The second kappa shape index (κ2) is 6.18. The number of halogens is 2. The summed E-state index contributed by atoms with van der Waals surface area (Å²) < 4.78 is 12.9. The number of hydrogen-bond donors (Lipinski definition) is 1. The van der Waals surface area contributed by atoms with Crippen molar-refractivity contribution in [2.75, 3.05) is 0 Å². The standard InChI is InChI=1S/C16H16ClFO/c1-2-11-3-5-12(6-4-11)16(19)9-13-7-8-14(18)10-15(13)17/h3-8,10,16,19H,2,9H2,1H3. The Labute approximate surface area is 117 Å². The molecule has 0 heterocycles. The van der Waals surface area contributed by atoms with Crippen molar-refractivity contribution in [3.05, 3.63) is 70.0 Å². The fourth-order valence-corrected chi connectivity index (χ4v) is 2.23. The minimum absolute atomic E-state index is 0.351. The third kappa shape index (κ3) is 3.55. The third-order valence-corrected chi connectivity index (χ3v) is 3.55. The van der Waals surface area contributed by atoms with E-state index in [1.54, 1.807) is 6.07 Å². The van der Waals surface area contributed by atoms with Crippen LogP contribution in [0.5, 0.6) is 0 Å². The van der Waals surface area contributed by atoms with E-state index in [0.29, 0.717) is 11.4 Å². The number of rotatable bonds is 4. The van der Waals surface area contributed by atoms with E-state index in [9.17, 15) is 9.50 Å². The van der Waals surface area contributed by atoms with Gasteiger partial charge >= 0.3 is 0 Å². The smallest absolute Gasteiger partial charge is 0.124 e. The van der Waals surface area contributed by atoms with Gasteiger partial charge < -0.3 is 5.11 Å². The summed E-state index contributed by atoms with van der Waals surface area (Å²) in [5, 5.41) is 10.5. The van der Waals surface area contributed by atoms with Crippen LogP contribution in [-0.2, 0) is 12.8 Å². The summed E-state index contributed by atoms with van der Waals surface area (Å²) in [5.74, 6) is -0.365. The van der Waals surface area contributed by atoms with Crippen LogP contribution < -0.4 is 0 Å². The zero-order chi connectivity index (χ0) is 13.8. The Bertz CT molecular complexity index is 551. The highest BCUT2D eigenvalue weighted by Gasteiger charge is 2.11. The molecule has 1 N–H and O–H groups in total. The van der Waals surface area contributed by atoms with Gasteiger partial charge in [-0.3, -0.25) is 0 Å². The van der Waals surface area contributed by atoms with Gasteiger partial charge in [0.2, 0.25) is 0 Å². The molecule has 3 heteroatoms. The molecule has 19 heavy (non-hydrogen) atoms. The topological polar surface area (TPSA) is 20.2 Å². The molecular weight excluding hydrogens is 263 g/mol. The number of hydrogen-bond acceptors (Lipinski definition) is 1. The van der Waals surface area contributed by atoms with E-state index in [1.165, 1.54) is 17.7 Å². The van der Waals surface area contributed by atoms with Gasteiger partial charge in [0.15, 0.2) is 0 Å². The van der Waals surface area contributed by atoms with Gasteiger partial charge in [0, 0.05) is 11.4 Å². The van der Waals surface area contributed by atoms with Crippen molar-refractivity contribution in [2.45, 2.75) is 25.9 Å². The van der Waals surface area contributed by atoms with E-state index >= 15 is 0 Å². The minimum Gasteiger partial charge on any atom is -0.388 e. The van der Waals surface area contributed by atoms with Crippen LogP contribution in [0.1, 0.15) is 29.7 Å². The lowest BCUT2D eigenvalue weighted by Gasteiger charge is -2.12. The van der Waals surface area contributed by atoms with Crippen LogP contribution in [0.4, 0.5) is 4.39 Å². The van der Waals surface area contributed by atoms with Gasteiger partial charge in [0.1, 0.15) is 5.82 Å². The number of aliphatic hydroxyl groups excluding tert-OH is 1. The second-order valence-corrected chi connectivity index (χ2v) is 4.96. The van der Waals surface area contributed by atoms with Gasteiger partial charge in [-0.15, -0.1) is 0 Å². The molecule has 1 atom stereocenters. The molecule has 0 spiro atoms. The number of aliphatic hydroxyl groups is 1. The van der Waals surface area contributed by atoms with E-state index in [1.807, 2.05) is 24.3 Å². The molecular formula is C16H16ClFO. The van der Waals surface area contributed by atoms with Crippen molar-refractivity contribution in [3.8, 4) is 0 Å². The molecule has 0 aliphatic heterocycles. The van der Waals surface area contributed by atoms with Crippen molar-refractivity contribution in [1.82, 2.24) is 0 Å². The predicted molar refractivity (Wildman–Crippen MR) is 75.9 cm³/mol. The van der Waals surface area contributed by atoms with E-state index < -0.39 is 6.10 Å². The summed E-state index contributed by atoms with van der Waals surface area (Å²) in [7, 11) is 0. The van der Waals surface area contributed by atoms with E-state index in [2.05, 4.69) is 6.92 Å². The summed E-state index contributed by atoms with van der Waals surface area (Å²) in [4.78, 5) is 0. The summed E-state index contributed by atoms with van der Waals surface area (Å²) in [6, 6.07) is 12.1. The summed E-state index contributed by atoms with van der Waals surface area (Å²) in [6.45, 7) is 2.09. The monoisotopic (exact) mass is 278 g/mol. The molecule has 0 aromatic heterocycles. The Hall–Kier alpha value is -1.38. The number of benzene rings is 2. The SMILES string of the molecule is CCc1ccc(C(O)Cc2ccc(F)cc2Cl)cc1. The molecule has 0 radical (unpaired) electrons. The van der Waals surface area contributed by atoms with Crippen LogP contribution in [0.25, 0.3) is 0 Å². The Morgan fingerprint density at radius 2 is 1.84 bits per heavy atom. The zero-order valence-corrected chi connectivity index (χ0v) is 11.5. The molecule has 2 rings (SSSR count). The van der Waals surface area contributed by atoms with Crippen molar-refractivity contribution >= 4 is 11.6 Å². The normalized spacial score (nSPS) is 12.4.